The Hall–Kier alpha value is -3.05. The lowest BCUT2D eigenvalue weighted by Gasteiger charge is -2.21. The molecule has 0 aliphatic carbocycles. The van der Waals surface area contributed by atoms with E-state index in [-0.39, 0.29) is 17.3 Å². The van der Waals surface area contributed by atoms with Gasteiger partial charge in [0.1, 0.15) is 12.3 Å². The van der Waals surface area contributed by atoms with E-state index in [4.69, 9.17) is 4.74 Å². The maximum Gasteiger partial charge on any atom is 0.231 e. The van der Waals surface area contributed by atoms with E-state index in [9.17, 15) is 9.90 Å². The predicted molar refractivity (Wildman–Crippen MR) is 107 cm³/mol. The van der Waals surface area contributed by atoms with Crippen molar-refractivity contribution >= 4 is 22.8 Å². The number of rotatable bonds is 5. The maximum absolute atomic E-state index is 12.9. The highest BCUT2D eigenvalue weighted by molar-refractivity contribution is 6.15. The average Bonchev–Trinajstić information content (AvgIpc) is 3.19. The number of aromatic nitrogens is 1. The summed E-state index contributed by atoms with van der Waals surface area (Å²) in [4.78, 5) is 14.2. The number of fused-ring (bicyclic) bond motifs is 2. The van der Waals surface area contributed by atoms with Gasteiger partial charge in [0.25, 0.3) is 0 Å². The van der Waals surface area contributed by atoms with Gasteiger partial charge in [0.05, 0.1) is 18.7 Å². The number of benzene rings is 2. The fourth-order valence-electron chi connectivity index (χ4n) is 3.84. The summed E-state index contributed by atoms with van der Waals surface area (Å²) in [5.74, 6) is 0.465. The minimum atomic E-state index is -0.168. The molecule has 5 nitrogen and oxygen atoms in total. The van der Waals surface area contributed by atoms with Crippen LogP contribution in [0.1, 0.15) is 35.3 Å². The Morgan fingerprint density at radius 3 is 2.64 bits per heavy atom. The van der Waals surface area contributed by atoms with Crippen molar-refractivity contribution in [2.24, 2.45) is 7.05 Å². The van der Waals surface area contributed by atoms with Crippen LogP contribution in [0, 0.1) is 0 Å². The van der Waals surface area contributed by atoms with E-state index in [1.165, 1.54) is 11.0 Å². The number of Topliss-reactive ketones (excluding diaryl/α,β-unsaturated/α-hetero) is 1. The second-order valence-corrected chi connectivity index (χ2v) is 7.21. The van der Waals surface area contributed by atoms with Crippen molar-refractivity contribution < 1.29 is 19.5 Å². The molecule has 2 aromatic carbocycles. The Balaban J connectivity index is 1.75. The Labute approximate surface area is 164 Å². The zero-order valence-electron chi connectivity index (χ0n) is 16.4. The first-order valence-corrected chi connectivity index (χ1v) is 9.68. The van der Waals surface area contributed by atoms with Gasteiger partial charge in [0.2, 0.25) is 5.78 Å². The Kier molecular flexibility index (Phi) is 4.69. The molecule has 28 heavy (non-hydrogen) atoms. The van der Waals surface area contributed by atoms with E-state index in [1.807, 2.05) is 42.1 Å². The number of carbonyl (C=O) groups excluding carboxylic acids is 1. The van der Waals surface area contributed by atoms with Gasteiger partial charge in [0.15, 0.2) is 5.76 Å². The van der Waals surface area contributed by atoms with E-state index in [2.05, 4.69) is 13.8 Å². The van der Waals surface area contributed by atoms with E-state index in [0.717, 1.165) is 29.6 Å². The van der Waals surface area contributed by atoms with Gasteiger partial charge in [-0.05, 0) is 32.1 Å². The van der Waals surface area contributed by atoms with Gasteiger partial charge in [-0.15, -0.1) is 0 Å². The number of allylic oxidation sites excluding steroid dienone is 1. The molecule has 1 N–H and O–H groups in total. The average molecular weight is 376 g/mol. The van der Waals surface area contributed by atoms with Gasteiger partial charge in [-0.3, -0.25) is 4.79 Å². The molecule has 0 atom stereocenters. The molecule has 2 heterocycles. The van der Waals surface area contributed by atoms with E-state index >= 15 is 0 Å². The number of para-hydroxylation sites is 1. The van der Waals surface area contributed by atoms with Crippen molar-refractivity contribution in [1.82, 2.24) is 4.57 Å². The van der Waals surface area contributed by atoms with Crippen LogP contribution < -0.4 is 14.7 Å². The molecular weight excluding hydrogens is 352 g/mol. The summed E-state index contributed by atoms with van der Waals surface area (Å²) in [5, 5.41) is 13.5. The number of carbonyl (C=O) groups is 1. The number of ketones is 1. The van der Waals surface area contributed by atoms with Crippen molar-refractivity contribution in [3.63, 3.8) is 0 Å². The molecule has 5 heteroatoms. The molecule has 0 saturated carbocycles. The van der Waals surface area contributed by atoms with Gasteiger partial charge in [-0.25, -0.2) is 0 Å². The molecule has 144 valence electrons. The minimum absolute atomic E-state index is 0.0719. The predicted octanol–water partition coefficient (Wildman–Crippen LogP) is 2.29. The van der Waals surface area contributed by atoms with Crippen LogP contribution in [0.3, 0.4) is 0 Å². The molecule has 0 unspecified atom stereocenters. The molecular formula is C23H24N2O3. The molecule has 0 radical (unpaired) electrons. The second-order valence-electron chi connectivity index (χ2n) is 7.21. The topological polar surface area (TPSA) is 58.7 Å². The first-order valence-electron chi connectivity index (χ1n) is 9.68. The summed E-state index contributed by atoms with van der Waals surface area (Å²) in [5.41, 5.74) is 3.08. The highest BCUT2D eigenvalue weighted by Crippen LogP contribution is 2.38. The molecule has 0 fully saturated rings. The van der Waals surface area contributed by atoms with Crippen molar-refractivity contribution in [2.45, 2.75) is 20.4 Å². The Morgan fingerprint density at radius 1 is 1.14 bits per heavy atom. The summed E-state index contributed by atoms with van der Waals surface area (Å²) in [7, 11) is 1.98. The van der Waals surface area contributed by atoms with Crippen molar-refractivity contribution in [1.29, 1.82) is 0 Å². The van der Waals surface area contributed by atoms with Crippen LogP contribution in [0.5, 0.6) is 11.5 Å². The first kappa shape index (κ1) is 18.3. The number of nitrogens with zero attached hydrogens (tertiary/aromatic N) is 1. The van der Waals surface area contributed by atoms with Gasteiger partial charge in [-0.1, -0.05) is 30.0 Å². The lowest BCUT2D eigenvalue weighted by Crippen LogP contribution is -3.10. The molecule has 0 saturated heterocycles. The second kappa shape index (κ2) is 7.17. The molecule has 0 bridgehead atoms. The van der Waals surface area contributed by atoms with Crippen LogP contribution in [-0.2, 0) is 13.6 Å². The van der Waals surface area contributed by atoms with Crippen molar-refractivity contribution in [3.8, 4) is 11.5 Å². The first-order chi connectivity index (χ1) is 13.5. The fraction of sp³-hybridized carbons (Fsp3) is 0.261. The number of ether oxygens (including phenoxy) is 1. The molecule has 4 rings (SSSR count). The van der Waals surface area contributed by atoms with Gasteiger partial charge >= 0.3 is 0 Å². The van der Waals surface area contributed by atoms with Gasteiger partial charge in [-0.2, -0.15) is 0 Å². The molecule has 1 aliphatic rings. The van der Waals surface area contributed by atoms with Crippen LogP contribution in [0.15, 0.2) is 48.4 Å². The number of nitrogens with one attached hydrogen (secondary N) is 1. The van der Waals surface area contributed by atoms with Crippen LogP contribution in [0.2, 0.25) is 0 Å². The Bertz CT molecular complexity index is 1090. The summed E-state index contributed by atoms with van der Waals surface area (Å²) in [6.45, 7) is 6.55. The zero-order valence-corrected chi connectivity index (χ0v) is 16.4. The molecule has 0 spiro atoms. The quantitative estimate of drug-likeness (QED) is 0.695. The van der Waals surface area contributed by atoms with Crippen molar-refractivity contribution in [3.05, 3.63) is 65.0 Å². The third-order valence-electron chi connectivity index (χ3n) is 5.54. The normalized spacial score (nSPS) is 14.9. The minimum Gasteiger partial charge on any atom is -0.872 e. The Morgan fingerprint density at radius 2 is 1.89 bits per heavy atom. The van der Waals surface area contributed by atoms with Gasteiger partial charge < -0.3 is 19.3 Å². The summed E-state index contributed by atoms with van der Waals surface area (Å²) in [6.07, 6.45) is 3.76. The zero-order chi connectivity index (χ0) is 19.8. The third kappa shape index (κ3) is 2.98. The van der Waals surface area contributed by atoms with Crippen LogP contribution in [0.25, 0.3) is 17.0 Å². The summed E-state index contributed by atoms with van der Waals surface area (Å²) >= 11 is 0. The molecule has 1 aliphatic heterocycles. The van der Waals surface area contributed by atoms with Crippen LogP contribution in [-0.4, -0.2) is 23.4 Å². The van der Waals surface area contributed by atoms with E-state index in [1.54, 1.807) is 12.1 Å². The number of aryl methyl sites for hydroxylation is 1. The van der Waals surface area contributed by atoms with Crippen molar-refractivity contribution in [2.75, 3.05) is 13.1 Å². The smallest absolute Gasteiger partial charge is 0.231 e. The molecule has 0 amide bonds. The van der Waals surface area contributed by atoms with Crippen LogP contribution >= 0.6 is 0 Å². The highest BCUT2D eigenvalue weighted by Gasteiger charge is 2.31. The van der Waals surface area contributed by atoms with Crippen LogP contribution in [0.4, 0.5) is 0 Å². The fourth-order valence-corrected chi connectivity index (χ4v) is 3.84. The standard InChI is InChI=1S/C23H24N2O3/c1-4-25(5-2)14-18-20(26)11-10-17-22(27)21(28-23(17)18)12-15-13-24(3)19-9-7-6-8-16(15)19/h6-13,26H,4-5,14H2,1-3H3. The molecule has 3 aromatic rings. The van der Waals surface area contributed by atoms with Gasteiger partial charge in [0, 0.05) is 35.3 Å². The number of hydrogen-bond donors (Lipinski definition) is 1. The highest BCUT2D eigenvalue weighted by atomic mass is 16.5. The number of quaternary nitrogens is 1. The number of hydrogen-bond acceptors (Lipinski definition) is 3. The maximum atomic E-state index is 12.9. The van der Waals surface area contributed by atoms with E-state index in [0.29, 0.717) is 23.4 Å². The lowest BCUT2D eigenvalue weighted by atomic mass is 10.0. The summed E-state index contributed by atoms with van der Waals surface area (Å²) < 4.78 is 8.00. The summed E-state index contributed by atoms with van der Waals surface area (Å²) in [6, 6.07) is 11.1. The third-order valence-corrected chi connectivity index (χ3v) is 5.54. The van der Waals surface area contributed by atoms with E-state index < -0.39 is 0 Å². The SMILES string of the molecule is CC[NH+](CC)Cc1c([O-])ccc2c1OC(=Cc1cn(C)c3ccccc13)C2=O. The monoisotopic (exact) mass is 376 g/mol. The molecule has 1 aromatic heterocycles. The largest absolute Gasteiger partial charge is 0.872 e. The lowest BCUT2D eigenvalue weighted by molar-refractivity contribution is -0.910.